The van der Waals surface area contributed by atoms with Crippen LogP contribution < -0.4 is 4.90 Å². The summed E-state index contributed by atoms with van der Waals surface area (Å²) in [4.78, 5) is 25.5. The van der Waals surface area contributed by atoms with E-state index in [1.807, 2.05) is 0 Å². The molecule has 1 aromatic heterocycles. The number of aromatic nitrogens is 2. The highest BCUT2D eigenvalue weighted by Gasteiger charge is 2.33. The van der Waals surface area contributed by atoms with Gasteiger partial charge in [-0.25, -0.2) is 4.98 Å². The summed E-state index contributed by atoms with van der Waals surface area (Å²) in [6.07, 6.45) is 10.2. The van der Waals surface area contributed by atoms with Gasteiger partial charge >= 0.3 is 0 Å². The van der Waals surface area contributed by atoms with Gasteiger partial charge in [0.05, 0.1) is 25.6 Å². The molecule has 0 N–H and O–H groups in total. The minimum absolute atomic E-state index is 0.0408. The number of allylic oxidation sites excluding steroid dienone is 2. The fraction of sp³-hybridized carbons (Fsp3) is 0.588. The largest absolute Gasteiger partial charge is 0.378 e. The van der Waals surface area contributed by atoms with Gasteiger partial charge in [-0.05, 0) is 24.7 Å². The van der Waals surface area contributed by atoms with Crippen molar-refractivity contribution in [2.24, 2.45) is 11.8 Å². The van der Waals surface area contributed by atoms with Crippen LogP contribution in [0.5, 0.6) is 0 Å². The predicted octanol–water partition coefficient (Wildman–Crippen LogP) is 1.35. The molecule has 1 aliphatic carbocycles. The van der Waals surface area contributed by atoms with E-state index in [-0.39, 0.29) is 5.91 Å². The number of morpholine rings is 1. The monoisotopic (exact) mass is 314 g/mol. The van der Waals surface area contributed by atoms with Crippen LogP contribution in [0.1, 0.15) is 23.3 Å². The number of amides is 1. The lowest BCUT2D eigenvalue weighted by Crippen LogP contribution is -2.41. The number of hydrogen-bond donors (Lipinski definition) is 0. The highest BCUT2D eigenvalue weighted by molar-refractivity contribution is 5.92. The molecule has 2 saturated heterocycles. The van der Waals surface area contributed by atoms with Crippen LogP contribution in [-0.4, -0.2) is 60.2 Å². The third-order valence-corrected chi connectivity index (χ3v) is 5.08. The first-order valence-corrected chi connectivity index (χ1v) is 8.40. The fourth-order valence-electron chi connectivity index (χ4n) is 3.74. The van der Waals surface area contributed by atoms with Gasteiger partial charge in [0, 0.05) is 26.2 Å². The SMILES string of the molecule is O=C(c1cncc(N2C[C@H]3CC=CC[C@H]3C2)n1)N1CCOCC1. The molecule has 0 aromatic carbocycles. The van der Waals surface area contributed by atoms with E-state index in [1.165, 1.54) is 0 Å². The molecule has 2 aliphatic heterocycles. The molecule has 3 aliphatic rings. The van der Waals surface area contributed by atoms with Crippen molar-refractivity contribution in [3.63, 3.8) is 0 Å². The van der Waals surface area contributed by atoms with E-state index in [1.54, 1.807) is 17.3 Å². The summed E-state index contributed by atoms with van der Waals surface area (Å²) in [5.74, 6) is 2.21. The summed E-state index contributed by atoms with van der Waals surface area (Å²) in [5.41, 5.74) is 0.442. The van der Waals surface area contributed by atoms with Gasteiger partial charge in [-0.1, -0.05) is 12.2 Å². The van der Waals surface area contributed by atoms with Gasteiger partial charge in [0.1, 0.15) is 11.5 Å². The molecule has 1 amide bonds. The van der Waals surface area contributed by atoms with Crippen LogP contribution >= 0.6 is 0 Å². The van der Waals surface area contributed by atoms with Gasteiger partial charge < -0.3 is 14.5 Å². The highest BCUT2D eigenvalue weighted by atomic mass is 16.5. The molecular formula is C17H22N4O2. The predicted molar refractivity (Wildman–Crippen MR) is 86.3 cm³/mol. The maximum absolute atomic E-state index is 12.6. The first-order chi connectivity index (χ1) is 11.3. The Balaban J connectivity index is 1.49. The number of carbonyl (C=O) groups excluding carboxylic acids is 1. The minimum atomic E-state index is -0.0408. The third kappa shape index (κ3) is 2.95. The number of nitrogens with zero attached hydrogens (tertiary/aromatic N) is 4. The van der Waals surface area contributed by atoms with E-state index in [4.69, 9.17) is 4.74 Å². The van der Waals surface area contributed by atoms with Crippen LogP contribution in [0.2, 0.25) is 0 Å². The maximum atomic E-state index is 12.6. The lowest BCUT2D eigenvalue weighted by molar-refractivity contribution is 0.0299. The van der Waals surface area contributed by atoms with Crippen molar-refractivity contribution in [1.82, 2.24) is 14.9 Å². The molecule has 0 spiro atoms. The molecule has 6 heteroatoms. The van der Waals surface area contributed by atoms with Crippen molar-refractivity contribution < 1.29 is 9.53 Å². The van der Waals surface area contributed by atoms with E-state index < -0.39 is 0 Å². The molecule has 6 nitrogen and oxygen atoms in total. The average molecular weight is 314 g/mol. The number of fused-ring (bicyclic) bond motifs is 1. The molecule has 3 heterocycles. The molecule has 23 heavy (non-hydrogen) atoms. The van der Waals surface area contributed by atoms with E-state index in [0.717, 1.165) is 31.7 Å². The quantitative estimate of drug-likeness (QED) is 0.771. The van der Waals surface area contributed by atoms with Crippen LogP contribution in [0, 0.1) is 11.8 Å². The van der Waals surface area contributed by atoms with E-state index in [2.05, 4.69) is 27.0 Å². The molecule has 4 rings (SSSR count). The van der Waals surface area contributed by atoms with Gasteiger partial charge in [-0.3, -0.25) is 9.78 Å². The zero-order chi connectivity index (χ0) is 15.6. The Hall–Kier alpha value is -1.95. The molecule has 2 fully saturated rings. The van der Waals surface area contributed by atoms with Gasteiger partial charge in [-0.15, -0.1) is 0 Å². The topological polar surface area (TPSA) is 58.6 Å². The first-order valence-electron chi connectivity index (χ1n) is 8.40. The number of carbonyl (C=O) groups is 1. The number of rotatable bonds is 2. The Morgan fingerprint density at radius 1 is 1.09 bits per heavy atom. The van der Waals surface area contributed by atoms with Crippen molar-refractivity contribution in [1.29, 1.82) is 0 Å². The second kappa shape index (κ2) is 6.28. The Labute approximate surface area is 136 Å². The Morgan fingerprint density at radius 2 is 1.78 bits per heavy atom. The van der Waals surface area contributed by atoms with Crippen molar-refractivity contribution in [3.05, 3.63) is 30.2 Å². The Bertz CT molecular complexity index is 596. The van der Waals surface area contributed by atoms with E-state index in [0.29, 0.717) is 43.8 Å². The van der Waals surface area contributed by atoms with Crippen LogP contribution in [0.15, 0.2) is 24.5 Å². The van der Waals surface area contributed by atoms with Crippen LogP contribution in [-0.2, 0) is 4.74 Å². The van der Waals surface area contributed by atoms with Gasteiger partial charge in [0.25, 0.3) is 5.91 Å². The highest BCUT2D eigenvalue weighted by Crippen LogP contribution is 2.34. The summed E-state index contributed by atoms with van der Waals surface area (Å²) < 4.78 is 5.30. The summed E-state index contributed by atoms with van der Waals surface area (Å²) in [6, 6.07) is 0. The Morgan fingerprint density at radius 3 is 2.48 bits per heavy atom. The number of anilines is 1. The number of hydrogen-bond acceptors (Lipinski definition) is 5. The van der Waals surface area contributed by atoms with Crippen LogP contribution in [0.25, 0.3) is 0 Å². The fourth-order valence-corrected chi connectivity index (χ4v) is 3.74. The minimum Gasteiger partial charge on any atom is -0.378 e. The third-order valence-electron chi connectivity index (χ3n) is 5.08. The van der Waals surface area contributed by atoms with E-state index >= 15 is 0 Å². The zero-order valence-electron chi connectivity index (χ0n) is 13.2. The molecule has 2 atom stereocenters. The Kier molecular flexibility index (Phi) is 3.99. The number of ether oxygens (including phenoxy) is 1. The summed E-state index contributed by atoms with van der Waals surface area (Å²) >= 11 is 0. The molecule has 122 valence electrons. The summed E-state index contributed by atoms with van der Waals surface area (Å²) in [7, 11) is 0. The lowest BCUT2D eigenvalue weighted by Gasteiger charge is -2.26. The second-order valence-electron chi connectivity index (χ2n) is 6.54. The van der Waals surface area contributed by atoms with Crippen LogP contribution in [0.4, 0.5) is 5.82 Å². The maximum Gasteiger partial charge on any atom is 0.274 e. The van der Waals surface area contributed by atoms with Crippen molar-refractivity contribution >= 4 is 11.7 Å². The zero-order valence-corrected chi connectivity index (χ0v) is 13.2. The van der Waals surface area contributed by atoms with Gasteiger partial charge in [0.15, 0.2) is 0 Å². The van der Waals surface area contributed by atoms with Gasteiger partial charge in [0.2, 0.25) is 0 Å². The molecule has 0 saturated carbocycles. The first kappa shape index (κ1) is 14.6. The van der Waals surface area contributed by atoms with E-state index in [9.17, 15) is 4.79 Å². The smallest absolute Gasteiger partial charge is 0.274 e. The van der Waals surface area contributed by atoms with Crippen LogP contribution in [0.3, 0.4) is 0 Å². The molecule has 0 radical (unpaired) electrons. The lowest BCUT2D eigenvalue weighted by atomic mass is 9.86. The molecular weight excluding hydrogens is 292 g/mol. The standard InChI is InChI=1S/C17H22N4O2/c22-17(20-5-7-23-8-6-20)15-9-18-10-16(19-15)21-11-13-3-1-2-4-14(13)12-21/h1-2,9-10,13-14H,3-8,11-12H2/t13-,14+. The molecule has 1 aromatic rings. The van der Waals surface area contributed by atoms with Crippen molar-refractivity contribution in [3.8, 4) is 0 Å². The summed E-state index contributed by atoms with van der Waals surface area (Å²) in [6.45, 7) is 4.48. The van der Waals surface area contributed by atoms with Gasteiger partial charge in [-0.2, -0.15) is 0 Å². The molecule has 0 unspecified atom stereocenters. The van der Waals surface area contributed by atoms with Crippen molar-refractivity contribution in [2.45, 2.75) is 12.8 Å². The summed E-state index contributed by atoms with van der Waals surface area (Å²) in [5, 5.41) is 0. The van der Waals surface area contributed by atoms with Crippen molar-refractivity contribution in [2.75, 3.05) is 44.3 Å². The normalized spacial score (nSPS) is 27.1. The molecule has 0 bridgehead atoms. The average Bonchev–Trinajstić information content (AvgIpc) is 3.06. The second-order valence-corrected chi connectivity index (χ2v) is 6.54.